The average molecular weight is 230 g/mol. The molecule has 0 aromatic carbocycles. The molecule has 1 rings (SSSR count). The van der Waals surface area contributed by atoms with E-state index in [0.717, 1.165) is 12.2 Å². The van der Waals surface area contributed by atoms with Crippen LogP contribution in [0.3, 0.4) is 0 Å². The lowest BCUT2D eigenvalue weighted by molar-refractivity contribution is -0.139. The van der Waals surface area contributed by atoms with Crippen LogP contribution in [-0.2, 0) is 19.1 Å². The van der Waals surface area contributed by atoms with Crippen LogP contribution in [0.15, 0.2) is 12.2 Å². The first-order chi connectivity index (χ1) is 7.60. The minimum Gasteiger partial charge on any atom is -0.478 e. The van der Waals surface area contributed by atoms with Gasteiger partial charge in [-0.15, -0.1) is 0 Å². The molecule has 1 unspecified atom stereocenters. The molecule has 5 nitrogen and oxygen atoms in total. The fraction of sp³-hybridized carbons (Fsp3) is 0.636. The van der Waals surface area contributed by atoms with Crippen molar-refractivity contribution in [2.45, 2.75) is 32.8 Å². The Bertz CT molecular complexity index is 241. The molecule has 1 fully saturated rings. The third-order valence-electron chi connectivity index (χ3n) is 1.68. The SMILES string of the molecule is CCCC.O=C(O)C=CC(=O)OCC1CO1. The maximum atomic E-state index is 10.7. The summed E-state index contributed by atoms with van der Waals surface area (Å²) in [5.41, 5.74) is 0. The highest BCUT2D eigenvalue weighted by atomic mass is 16.6. The molecule has 5 heteroatoms. The van der Waals surface area contributed by atoms with Crippen molar-refractivity contribution in [2.24, 2.45) is 0 Å². The number of rotatable bonds is 5. The van der Waals surface area contributed by atoms with Crippen LogP contribution in [0.25, 0.3) is 0 Å². The molecule has 0 amide bonds. The lowest BCUT2D eigenvalue weighted by Crippen LogP contribution is -2.07. The summed E-state index contributed by atoms with van der Waals surface area (Å²) in [6, 6.07) is 0. The zero-order valence-corrected chi connectivity index (χ0v) is 9.64. The van der Waals surface area contributed by atoms with Crippen molar-refractivity contribution in [3.63, 3.8) is 0 Å². The molecule has 0 spiro atoms. The zero-order valence-electron chi connectivity index (χ0n) is 9.64. The Kier molecular flexibility index (Phi) is 8.15. The number of aliphatic carboxylic acids is 1. The predicted molar refractivity (Wildman–Crippen MR) is 58.1 cm³/mol. The number of esters is 1. The molecule has 0 saturated carbocycles. The molecule has 0 bridgehead atoms. The minimum absolute atomic E-state index is 0.00665. The molecule has 16 heavy (non-hydrogen) atoms. The molecule has 0 aromatic heterocycles. The fourth-order valence-electron chi connectivity index (χ4n) is 0.527. The van der Waals surface area contributed by atoms with Crippen LogP contribution < -0.4 is 0 Å². The van der Waals surface area contributed by atoms with Crippen LogP contribution in [0, 0.1) is 0 Å². The second-order valence-electron chi connectivity index (χ2n) is 3.26. The third kappa shape index (κ3) is 10.7. The molecular weight excluding hydrogens is 212 g/mol. The normalized spacial score (nSPS) is 17.5. The van der Waals surface area contributed by atoms with Crippen LogP contribution in [0.5, 0.6) is 0 Å². The van der Waals surface area contributed by atoms with Gasteiger partial charge in [0.1, 0.15) is 12.7 Å². The van der Waals surface area contributed by atoms with Crippen LogP contribution in [-0.4, -0.2) is 36.4 Å². The topological polar surface area (TPSA) is 76.1 Å². The van der Waals surface area contributed by atoms with Gasteiger partial charge in [0.2, 0.25) is 0 Å². The Morgan fingerprint density at radius 1 is 1.38 bits per heavy atom. The number of ether oxygens (including phenoxy) is 2. The number of carboxylic acid groups (broad SMARTS) is 1. The third-order valence-corrected chi connectivity index (χ3v) is 1.68. The number of carbonyl (C=O) groups excluding carboxylic acids is 1. The van der Waals surface area contributed by atoms with Crippen molar-refractivity contribution in [1.82, 2.24) is 0 Å². The van der Waals surface area contributed by atoms with Gasteiger partial charge in [-0.2, -0.15) is 0 Å². The van der Waals surface area contributed by atoms with Crippen LogP contribution >= 0.6 is 0 Å². The number of carbonyl (C=O) groups is 2. The van der Waals surface area contributed by atoms with E-state index in [9.17, 15) is 9.59 Å². The Morgan fingerprint density at radius 2 is 1.94 bits per heavy atom. The molecule has 0 radical (unpaired) electrons. The van der Waals surface area contributed by atoms with Gasteiger partial charge in [0.05, 0.1) is 6.61 Å². The van der Waals surface area contributed by atoms with Crippen molar-refractivity contribution in [3.05, 3.63) is 12.2 Å². The minimum atomic E-state index is -1.17. The van der Waals surface area contributed by atoms with Crippen LogP contribution in [0.1, 0.15) is 26.7 Å². The number of epoxide rings is 1. The van der Waals surface area contributed by atoms with Gasteiger partial charge in [-0.05, 0) is 0 Å². The zero-order chi connectivity index (χ0) is 12.4. The van der Waals surface area contributed by atoms with Gasteiger partial charge >= 0.3 is 11.9 Å². The maximum Gasteiger partial charge on any atom is 0.331 e. The van der Waals surface area contributed by atoms with Gasteiger partial charge in [0.25, 0.3) is 0 Å². The summed E-state index contributed by atoms with van der Waals surface area (Å²) in [5, 5.41) is 8.13. The first kappa shape index (κ1) is 14.6. The summed E-state index contributed by atoms with van der Waals surface area (Å²) in [7, 11) is 0. The van der Waals surface area contributed by atoms with Gasteiger partial charge < -0.3 is 14.6 Å². The van der Waals surface area contributed by atoms with Crippen molar-refractivity contribution < 1.29 is 24.2 Å². The summed E-state index contributed by atoms with van der Waals surface area (Å²) >= 11 is 0. The quantitative estimate of drug-likeness (QED) is 0.438. The van der Waals surface area contributed by atoms with E-state index in [-0.39, 0.29) is 12.7 Å². The van der Waals surface area contributed by atoms with Crippen LogP contribution in [0.4, 0.5) is 0 Å². The fourth-order valence-corrected chi connectivity index (χ4v) is 0.527. The van der Waals surface area contributed by atoms with E-state index in [1.54, 1.807) is 0 Å². The van der Waals surface area contributed by atoms with Gasteiger partial charge in [0.15, 0.2) is 0 Å². The van der Waals surface area contributed by atoms with E-state index >= 15 is 0 Å². The van der Waals surface area contributed by atoms with Gasteiger partial charge in [-0.25, -0.2) is 9.59 Å². The van der Waals surface area contributed by atoms with E-state index in [1.165, 1.54) is 12.8 Å². The summed E-state index contributed by atoms with van der Waals surface area (Å²) in [4.78, 5) is 20.6. The standard InChI is InChI=1S/C7H8O5.C4H10/c8-6(9)1-2-7(10)12-4-5-3-11-5;1-3-4-2/h1-2,5H,3-4H2,(H,8,9);3-4H2,1-2H3. The molecule has 1 N–H and O–H groups in total. The van der Waals surface area contributed by atoms with Crippen LogP contribution in [0.2, 0.25) is 0 Å². The van der Waals surface area contributed by atoms with E-state index in [0.29, 0.717) is 6.61 Å². The Labute approximate surface area is 95.0 Å². The highest BCUT2D eigenvalue weighted by Crippen LogP contribution is 2.08. The molecule has 92 valence electrons. The van der Waals surface area contributed by atoms with Gasteiger partial charge in [-0.1, -0.05) is 26.7 Å². The number of hydrogen-bond donors (Lipinski definition) is 1. The van der Waals surface area contributed by atoms with Crippen molar-refractivity contribution in [3.8, 4) is 0 Å². The second kappa shape index (κ2) is 8.91. The predicted octanol–water partition coefficient (Wildman–Crippen LogP) is 1.38. The Hall–Kier alpha value is -1.36. The van der Waals surface area contributed by atoms with E-state index < -0.39 is 11.9 Å². The molecule has 1 aliphatic rings. The smallest absolute Gasteiger partial charge is 0.331 e. The summed E-state index contributed by atoms with van der Waals surface area (Å²) in [6.07, 6.45) is 4.24. The summed E-state index contributed by atoms with van der Waals surface area (Å²) < 4.78 is 9.37. The Balaban J connectivity index is 0.000000487. The first-order valence-electron chi connectivity index (χ1n) is 5.29. The molecule has 1 aliphatic heterocycles. The number of unbranched alkanes of at least 4 members (excludes halogenated alkanes) is 1. The van der Waals surface area contributed by atoms with Crippen molar-refractivity contribution in [1.29, 1.82) is 0 Å². The molecule has 1 saturated heterocycles. The molecule has 0 aliphatic carbocycles. The monoisotopic (exact) mass is 230 g/mol. The second-order valence-corrected chi connectivity index (χ2v) is 3.26. The Morgan fingerprint density at radius 3 is 2.31 bits per heavy atom. The molecule has 1 heterocycles. The lowest BCUT2D eigenvalue weighted by atomic mass is 10.4. The largest absolute Gasteiger partial charge is 0.478 e. The van der Waals surface area contributed by atoms with Gasteiger partial charge in [-0.3, -0.25) is 0 Å². The first-order valence-corrected chi connectivity index (χ1v) is 5.29. The molecule has 0 aromatic rings. The average Bonchev–Trinajstić information content (AvgIpc) is 3.07. The van der Waals surface area contributed by atoms with E-state index in [2.05, 4.69) is 18.6 Å². The molecular formula is C11H18O5. The molecule has 1 atom stereocenters. The van der Waals surface area contributed by atoms with E-state index in [4.69, 9.17) is 9.84 Å². The summed E-state index contributed by atoms with van der Waals surface area (Å²) in [6.45, 7) is 5.17. The maximum absolute atomic E-state index is 10.7. The lowest BCUT2D eigenvalue weighted by Gasteiger charge is -1.95. The summed E-state index contributed by atoms with van der Waals surface area (Å²) in [5.74, 6) is -1.83. The van der Waals surface area contributed by atoms with E-state index in [1.807, 2.05) is 0 Å². The number of hydrogen-bond acceptors (Lipinski definition) is 4. The number of carboxylic acids is 1. The highest BCUT2D eigenvalue weighted by Gasteiger charge is 2.23. The van der Waals surface area contributed by atoms with Crippen molar-refractivity contribution >= 4 is 11.9 Å². The van der Waals surface area contributed by atoms with Gasteiger partial charge in [0, 0.05) is 12.2 Å². The highest BCUT2D eigenvalue weighted by molar-refractivity contribution is 5.90. The van der Waals surface area contributed by atoms with Crippen molar-refractivity contribution in [2.75, 3.05) is 13.2 Å².